The molecule has 3 N–H and O–H groups in total. The van der Waals surface area contributed by atoms with E-state index in [0.29, 0.717) is 11.4 Å². The number of aromatic amines is 1. The van der Waals surface area contributed by atoms with Crippen molar-refractivity contribution in [2.45, 2.75) is 6.54 Å². The number of rotatable bonds is 4. The lowest BCUT2D eigenvalue weighted by atomic mass is 10.1. The topological polar surface area (TPSA) is 108 Å². The van der Waals surface area contributed by atoms with Gasteiger partial charge in [-0.1, -0.05) is 0 Å². The van der Waals surface area contributed by atoms with Crippen molar-refractivity contribution in [3.63, 3.8) is 0 Å². The van der Waals surface area contributed by atoms with Crippen LogP contribution in [0.4, 0.5) is 0 Å². The van der Waals surface area contributed by atoms with E-state index in [-0.39, 0.29) is 18.0 Å². The van der Waals surface area contributed by atoms with E-state index in [4.69, 9.17) is 5.11 Å². The molecule has 0 fully saturated rings. The van der Waals surface area contributed by atoms with Gasteiger partial charge in [0.2, 0.25) is 0 Å². The third-order valence-corrected chi connectivity index (χ3v) is 2.28. The van der Waals surface area contributed by atoms with Gasteiger partial charge in [-0.25, -0.2) is 9.78 Å². The van der Waals surface area contributed by atoms with Crippen LogP contribution in [0.15, 0.2) is 30.6 Å². The van der Waals surface area contributed by atoms with Crippen LogP contribution in [0.2, 0.25) is 0 Å². The van der Waals surface area contributed by atoms with Crippen LogP contribution >= 0.6 is 0 Å². The van der Waals surface area contributed by atoms with Crippen LogP contribution in [0.3, 0.4) is 0 Å². The van der Waals surface area contributed by atoms with E-state index < -0.39 is 5.97 Å². The van der Waals surface area contributed by atoms with Gasteiger partial charge in [-0.05, 0) is 24.3 Å². The Kier molecular flexibility index (Phi) is 3.33. The summed E-state index contributed by atoms with van der Waals surface area (Å²) in [7, 11) is 0. The van der Waals surface area contributed by atoms with E-state index in [1.54, 1.807) is 0 Å². The molecule has 92 valence electrons. The minimum absolute atomic E-state index is 0.141. The van der Waals surface area contributed by atoms with Crippen molar-refractivity contribution in [1.82, 2.24) is 20.5 Å². The summed E-state index contributed by atoms with van der Waals surface area (Å²) in [6, 6.07) is 5.68. The number of H-pyrrole nitrogens is 1. The second kappa shape index (κ2) is 5.09. The zero-order valence-corrected chi connectivity index (χ0v) is 9.25. The highest BCUT2D eigenvalue weighted by atomic mass is 16.4. The van der Waals surface area contributed by atoms with Crippen molar-refractivity contribution < 1.29 is 14.7 Å². The molecule has 0 aliphatic heterocycles. The third-order valence-electron chi connectivity index (χ3n) is 2.28. The zero-order chi connectivity index (χ0) is 13.0. The molecule has 7 heteroatoms. The molecule has 2 aromatic rings. The number of nitrogens with zero attached hydrogens (tertiary/aromatic N) is 2. The minimum Gasteiger partial charge on any atom is -0.478 e. The highest BCUT2D eigenvalue weighted by molar-refractivity contribution is 5.95. The monoisotopic (exact) mass is 246 g/mol. The number of hydrogen-bond acceptors (Lipinski definition) is 4. The molecule has 1 aromatic heterocycles. The Bertz CT molecular complexity index is 548. The summed E-state index contributed by atoms with van der Waals surface area (Å²) in [5.41, 5.74) is 0.529. The van der Waals surface area contributed by atoms with Crippen molar-refractivity contribution in [2.75, 3.05) is 0 Å². The number of carbonyl (C=O) groups is 2. The average Bonchev–Trinajstić information content (AvgIpc) is 2.89. The Morgan fingerprint density at radius 3 is 2.44 bits per heavy atom. The summed E-state index contributed by atoms with van der Waals surface area (Å²) in [5.74, 6) is -0.780. The molecule has 1 heterocycles. The Morgan fingerprint density at radius 2 is 1.89 bits per heavy atom. The average molecular weight is 246 g/mol. The molecule has 0 aliphatic rings. The van der Waals surface area contributed by atoms with Crippen molar-refractivity contribution in [3.05, 3.63) is 47.5 Å². The molecule has 0 saturated heterocycles. The molecule has 0 spiro atoms. The van der Waals surface area contributed by atoms with Crippen LogP contribution in [0, 0.1) is 0 Å². The number of carboxylic acids is 1. The fraction of sp³-hybridized carbons (Fsp3) is 0.0909. The smallest absolute Gasteiger partial charge is 0.335 e. The molecule has 0 radical (unpaired) electrons. The van der Waals surface area contributed by atoms with Gasteiger partial charge in [0.1, 0.15) is 12.2 Å². The van der Waals surface area contributed by atoms with Gasteiger partial charge in [0.15, 0.2) is 0 Å². The quantitative estimate of drug-likeness (QED) is 0.725. The number of aromatic nitrogens is 3. The molecule has 7 nitrogen and oxygen atoms in total. The molecular weight excluding hydrogens is 236 g/mol. The molecule has 1 amide bonds. The molecule has 1 aromatic carbocycles. The lowest BCUT2D eigenvalue weighted by Crippen LogP contribution is -2.23. The van der Waals surface area contributed by atoms with Gasteiger partial charge in [0, 0.05) is 5.56 Å². The fourth-order valence-electron chi connectivity index (χ4n) is 1.35. The van der Waals surface area contributed by atoms with Crippen LogP contribution in [0.5, 0.6) is 0 Å². The van der Waals surface area contributed by atoms with Crippen LogP contribution in [-0.4, -0.2) is 32.2 Å². The number of carboxylic acid groups (broad SMARTS) is 1. The van der Waals surface area contributed by atoms with Gasteiger partial charge in [0.25, 0.3) is 5.91 Å². The predicted molar refractivity (Wildman–Crippen MR) is 61.0 cm³/mol. The Labute approximate surface area is 102 Å². The second-order valence-corrected chi connectivity index (χ2v) is 3.50. The first-order chi connectivity index (χ1) is 8.66. The van der Waals surface area contributed by atoms with Gasteiger partial charge in [0.05, 0.1) is 12.1 Å². The van der Waals surface area contributed by atoms with Gasteiger partial charge in [-0.15, -0.1) is 0 Å². The Morgan fingerprint density at radius 1 is 1.22 bits per heavy atom. The summed E-state index contributed by atoms with van der Waals surface area (Å²) in [6.07, 6.45) is 1.35. The fourth-order valence-corrected chi connectivity index (χ4v) is 1.35. The molecule has 2 rings (SSSR count). The molecule has 0 unspecified atom stereocenters. The first-order valence-electron chi connectivity index (χ1n) is 5.12. The number of carbonyl (C=O) groups excluding carboxylic acids is 1. The van der Waals surface area contributed by atoms with Crippen molar-refractivity contribution in [1.29, 1.82) is 0 Å². The first kappa shape index (κ1) is 11.8. The predicted octanol–water partition coefficient (Wildman–Crippen LogP) is 0.433. The Hall–Kier alpha value is -2.70. The minimum atomic E-state index is -1.02. The van der Waals surface area contributed by atoms with E-state index in [2.05, 4.69) is 20.5 Å². The van der Waals surface area contributed by atoms with E-state index in [0.717, 1.165) is 0 Å². The standard InChI is InChI=1S/C11H10N4O3/c16-10(12-5-9-13-6-14-15-9)7-1-3-8(4-2-7)11(17)18/h1-4,6H,5H2,(H,12,16)(H,17,18)(H,13,14,15). The van der Waals surface area contributed by atoms with Crippen molar-refractivity contribution in [2.24, 2.45) is 0 Å². The maximum absolute atomic E-state index is 11.7. The summed E-state index contributed by atoms with van der Waals surface area (Å²) >= 11 is 0. The van der Waals surface area contributed by atoms with Crippen LogP contribution in [-0.2, 0) is 6.54 Å². The number of amides is 1. The van der Waals surface area contributed by atoms with E-state index in [1.807, 2.05) is 0 Å². The highest BCUT2D eigenvalue weighted by Gasteiger charge is 2.08. The van der Waals surface area contributed by atoms with Crippen LogP contribution < -0.4 is 5.32 Å². The second-order valence-electron chi connectivity index (χ2n) is 3.50. The van der Waals surface area contributed by atoms with Crippen LogP contribution in [0.25, 0.3) is 0 Å². The molecule has 0 bridgehead atoms. The van der Waals surface area contributed by atoms with Gasteiger partial charge in [-0.3, -0.25) is 9.89 Å². The van der Waals surface area contributed by atoms with Gasteiger partial charge < -0.3 is 10.4 Å². The number of aromatic carboxylic acids is 1. The lowest BCUT2D eigenvalue weighted by molar-refractivity contribution is 0.0696. The molecule has 0 atom stereocenters. The highest BCUT2D eigenvalue weighted by Crippen LogP contribution is 2.04. The SMILES string of the molecule is O=C(O)c1ccc(C(=O)NCc2ncn[nH]2)cc1. The van der Waals surface area contributed by atoms with Crippen molar-refractivity contribution in [3.8, 4) is 0 Å². The molecule has 0 aliphatic carbocycles. The number of nitrogens with one attached hydrogen (secondary N) is 2. The summed E-state index contributed by atoms with van der Waals surface area (Å²) in [4.78, 5) is 26.2. The molecule has 18 heavy (non-hydrogen) atoms. The van der Waals surface area contributed by atoms with Crippen molar-refractivity contribution >= 4 is 11.9 Å². The summed E-state index contributed by atoms with van der Waals surface area (Å²) in [5, 5.41) is 17.6. The lowest BCUT2D eigenvalue weighted by Gasteiger charge is -2.03. The first-order valence-corrected chi connectivity index (χ1v) is 5.12. The third kappa shape index (κ3) is 2.70. The molecule has 0 saturated carbocycles. The normalized spacial score (nSPS) is 10.0. The zero-order valence-electron chi connectivity index (χ0n) is 9.25. The summed E-state index contributed by atoms with van der Waals surface area (Å²) in [6.45, 7) is 0.236. The number of benzene rings is 1. The van der Waals surface area contributed by atoms with E-state index >= 15 is 0 Å². The van der Waals surface area contributed by atoms with Gasteiger partial charge >= 0.3 is 5.97 Å². The van der Waals surface area contributed by atoms with Gasteiger partial charge in [-0.2, -0.15) is 5.10 Å². The maximum Gasteiger partial charge on any atom is 0.335 e. The van der Waals surface area contributed by atoms with E-state index in [1.165, 1.54) is 30.6 Å². The summed E-state index contributed by atoms with van der Waals surface area (Å²) < 4.78 is 0. The molecular formula is C11H10N4O3. The van der Waals surface area contributed by atoms with E-state index in [9.17, 15) is 9.59 Å². The largest absolute Gasteiger partial charge is 0.478 e. The Balaban J connectivity index is 1.98. The number of hydrogen-bond donors (Lipinski definition) is 3. The van der Waals surface area contributed by atoms with Crippen LogP contribution in [0.1, 0.15) is 26.5 Å². The maximum atomic E-state index is 11.7.